The highest BCUT2D eigenvalue weighted by Crippen LogP contribution is 2.19. The van der Waals surface area contributed by atoms with E-state index in [-0.39, 0.29) is 23.6 Å². The highest BCUT2D eigenvalue weighted by molar-refractivity contribution is 6.27. The fraction of sp³-hybridized carbons (Fsp3) is 0.700. The molecule has 1 atom stereocenters. The summed E-state index contributed by atoms with van der Waals surface area (Å²) in [6, 6.07) is -0.861. The monoisotopic (exact) mass is 262 g/mol. The predicted octanol–water partition coefficient (Wildman–Crippen LogP) is -0.385. The molecular weight excluding hydrogens is 248 g/mol. The number of carbonyl (C=O) groups is 3. The second-order valence-electron chi connectivity index (χ2n) is 4.09. The summed E-state index contributed by atoms with van der Waals surface area (Å²) in [6.07, 6.45) is 0. The Morgan fingerprint density at radius 3 is 2.41 bits per heavy atom. The standard InChI is InChI=1S/C10H15ClN2O4/c1-6(10(16)17)12(2)9(15)7-4-13(5-7)8(14)3-11/h6-7H,3-5H2,1-2H3,(H,16,17)/t6-/m0/s1. The average Bonchev–Trinajstić information content (AvgIpc) is 2.24. The lowest BCUT2D eigenvalue weighted by atomic mass is 9.98. The topological polar surface area (TPSA) is 77.9 Å². The average molecular weight is 263 g/mol. The van der Waals surface area contributed by atoms with Crippen molar-refractivity contribution in [3.8, 4) is 0 Å². The molecule has 0 spiro atoms. The molecule has 7 heteroatoms. The second-order valence-corrected chi connectivity index (χ2v) is 4.36. The third kappa shape index (κ3) is 2.88. The molecule has 6 nitrogen and oxygen atoms in total. The van der Waals surface area contributed by atoms with Crippen LogP contribution in [0.2, 0.25) is 0 Å². The Balaban J connectivity index is 2.47. The minimum atomic E-state index is -1.05. The molecule has 0 aromatic rings. The van der Waals surface area contributed by atoms with Gasteiger partial charge in [-0.15, -0.1) is 11.6 Å². The SMILES string of the molecule is C[C@@H](C(=O)O)N(C)C(=O)C1CN(C(=O)CCl)C1. The Morgan fingerprint density at radius 2 is 2.00 bits per heavy atom. The van der Waals surface area contributed by atoms with Crippen molar-refractivity contribution in [3.05, 3.63) is 0 Å². The first-order valence-electron chi connectivity index (χ1n) is 5.21. The van der Waals surface area contributed by atoms with Crippen molar-refractivity contribution >= 4 is 29.4 Å². The number of carboxylic acid groups (broad SMARTS) is 1. The lowest BCUT2D eigenvalue weighted by Gasteiger charge is -2.40. The van der Waals surface area contributed by atoms with Gasteiger partial charge in [-0.3, -0.25) is 9.59 Å². The molecule has 0 aliphatic carbocycles. The number of halogens is 1. The van der Waals surface area contributed by atoms with Crippen LogP contribution in [0.1, 0.15) is 6.92 Å². The van der Waals surface area contributed by atoms with Crippen molar-refractivity contribution in [1.29, 1.82) is 0 Å². The minimum Gasteiger partial charge on any atom is -0.480 e. The molecule has 0 bridgehead atoms. The van der Waals surface area contributed by atoms with Gasteiger partial charge in [-0.2, -0.15) is 0 Å². The highest BCUT2D eigenvalue weighted by Gasteiger charge is 2.38. The maximum Gasteiger partial charge on any atom is 0.326 e. The third-order valence-electron chi connectivity index (χ3n) is 2.98. The Morgan fingerprint density at radius 1 is 1.47 bits per heavy atom. The van der Waals surface area contributed by atoms with Crippen LogP contribution in [-0.2, 0) is 14.4 Å². The Kier molecular flexibility index (Phi) is 4.34. The van der Waals surface area contributed by atoms with E-state index < -0.39 is 12.0 Å². The van der Waals surface area contributed by atoms with Gasteiger partial charge in [-0.25, -0.2) is 4.79 Å². The first-order chi connectivity index (χ1) is 7.88. The molecule has 17 heavy (non-hydrogen) atoms. The first kappa shape index (κ1) is 13.8. The van der Waals surface area contributed by atoms with Gasteiger partial charge in [0.25, 0.3) is 0 Å². The minimum absolute atomic E-state index is 0.0950. The second kappa shape index (κ2) is 5.35. The van der Waals surface area contributed by atoms with Gasteiger partial charge in [0.1, 0.15) is 11.9 Å². The molecule has 1 heterocycles. The zero-order valence-electron chi connectivity index (χ0n) is 9.72. The molecule has 1 aliphatic rings. The number of rotatable bonds is 4. The van der Waals surface area contributed by atoms with Crippen LogP contribution in [0.25, 0.3) is 0 Å². The van der Waals surface area contributed by atoms with Gasteiger partial charge in [0.2, 0.25) is 11.8 Å². The maximum absolute atomic E-state index is 11.8. The summed E-state index contributed by atoms with van der Waals surface area (Å²) in [5.74, 6) is -1.91. The molecule has 0 aromatic heterocycles. The van der Waals surface area contributed by atoms with Crippen LogP contribution in [0.4, 0.5) is 0 Å². The van der Waals surface area contributed by atoms with Crippen molar-refractivity contribution in [1.82, 2.24) is 9.80 Å². The fourth-order valence-corrected chi connectivity index (χ4v) is 1.74. The predicted molar refractivity (Wildman–Crippen MR) is 60.7 cm³/mol. The van der Waals surface area contributed by atoms with E-state index in [0.717, 1.165) is 0 Å². The molecule has 1 saturated heterocycles. The highest BCUT2D eigenvalue weighted by atomic mass is 35.5. The van der Waals surface area contributed by atoms with Crippen LogP contribution in [0.15, 0.2) is 0 Å². The van der Waals surface area contributed by atoms with E-state index in [1.165, 1.54) is 23.8 Å². The molecular formula is C10H15ClN2O4. The van der Waals surface area contributed by atoms with Crippen LogP contribution in [0.3, 0.4) is 0 Å². The lowest BCUT2D eigenvalue weighted by Crippen LogP contribution is -2.57. The van der Waals surface area contributed by atoms with E-state index in [4.69, 9.17) is 16.7 Å². The van der Waals surface area contributed by atoms with Crippen molar-refractivity contribution in [3.63, 3.8) is 0 Å². The molecule has 1 N–H and O–H groups in total. The Hall–Kier alpha value is -1.30. The van der Waals surface area contributed by atoms with E-state index in [9.17, 15) is 14.4 Å². The summed E-state index contributed by atoms with van der Waals surface area (Å²) in [7, 11) is 1.45. The van der Waals surface area contributed by atoms with Crippen LogP contribution < -0.4 is 0 Å². The zero-order valence-corrected chi connectivity index (χ0v) is 10.5. The molecule has 1 rings (SSSR count). The molecule has 1 fully saturated rings. The van der Waals surface area contributed by atoms with Gasteiger partial charge in [0.05, 0.1) is 5.92 Å². The van der Waals surface area contributed by atoms with E-state index >= 15 is 0 Å². The van der Waals surface area contributed by atoms with Gasteiger partial charge in [0, 0.05) is 20.1 Å². The summed E-state index contributed by atoms with van der Waals surface area (Å²) in [6.45, 7) is 2.09. The molecule has 0 saturated carbocycles. The van der Waals surface area contributed by atoms with Gasteiger partial charge in [-0.1, -0.05) is 0 Å². The molecule has 0 unspecified atom stereocenters. The first-order valence-corrected chi connectivity index (χ1v) is 5.75. The molecule has 2 amide bonds. The number of hydrogen-bond acceptors (Lipinski definition) is 3. The Labute approximate surface area is 104 Å². The van der Waals surface area contributed by atoms with Crippen molar-refractivity contribution in [2.24, 2.45) is 5.92 Å². The summed E-state index contributed by atoms with van der Waals surface area (Å²) in [5, 5.41) is 8.78. The van der Waals surface area contributed by atoms with Gasteiger partial charge in [-0.05, 0) is 6.92 Å². The quantitative estimate of drug-likeness (QED) is 0.701. The number of amides is 2. The van der Waals surface area contributed by atoms with Gasteiger partial charge >= 0.3 is 5.97 Å². The number of likely N-dealkylation sites (N-methyl/N-ethyl adjacent to an activating group) is 1. The molecule has 0 radical (unpaired) electrons. The summed E-state index contributed by atoms with van der Waals surface area (Å²) in [4.78, 5) is 36.4. The largest absolute Gasteiger partial charge is 0.480 e. The number of carbonyl (C=O) groups excluding carboxylic acids is 2. The maximum atomic E-state index is 11.8. The number of nitrogens with zero attached hydrogens (tertiary/aromatic N) is 2. The summed E-state index contributed by atoms with van der Waals surface area (Å²) in [5.41, 5.74) is 0. The van der Waals surface area contributed by atoms with Crippen LogP contribution in [0.5, 0.6) is 0 Å². The van der Waals surface area contributed by atoms with E-state index in [0.29, 0.717) is 13.1 Å². The van der Waals surface area contributed by atoms with Crippen LogP contribution in [0, 0.1) is 5.92 Å². The van der Waals surface area contributed by atoms with Crippen molar-refractivity contribution < 1.29 is 19.5 Å². The number of aliphatic carboxylic acids is 1. The number of alkyl halides is 1. The van der Waals surface area contributed by atoms with Crippen molar-refractivity contribution in [2.75, 3.05) is 26.0 Å². The van der Waals surface area contributed by atoms with Gasteiger partial charge in [0.15, 0.2) is 0 Å². The molecule has 1 aliphatic heterocycles. The third-order valence-corrected chi connectivity index (χ3v) is 3.21. The molecule has 0 aromatic carbocycles. The van der Waals surface area contributed by atoms with Crippen LogP contribution >= 0.6 is 11.6 Å². The van der Waals surface area contributed by atoms with E-state index in [2.05, 4.69) is 0 Å². The van der Waals surface area contributed by atoms with E-state index in [1.54, 1.807) is 0 Å². The number of carboxylic acids is 1. The van der Waals surface area contributed by atoms with Crippen LogP contribution in [-0.4, -0.2) is 64.7 Å². The van der Waals surface area contributed by atoms with E-state index in [1.807, 2.05) is 0 Å². The summed E-state index contributed by atoms with van der Waals surface area (Å²) < 4.78 is 0. The van der Waals surface area contributed by atoms with Gasteiger partial charge < -0.3 is 14.9 Å². The number of likely N-dealkylation sites (tertiary alicyclic amines) is 1. The normalized spacial score (nSPS) is 17.2. The smallest absolute Gasteiger partial charge is 0.326 e. The molecule has 96 valence electrons. The Bertz CT molecular complexity index is 341. The lowest BCUT2D eigenvalue weighted by molar-refractivity contribution is -0.154. The number of hydrogen-bond donors (Lipinski definition) is 1. The fourth-order valence-electron chi connectivity index (χ4n) is 1.57. The zero-order chi connectivity index (χ0) is 13.2. The summed E-state index contributed by atoms with van der Waals surface area (Å²) >= 11 is 5.38. The van der Waals surface area contributed by atoms with Crippen molar-refractivity contribution in [2.45, 2.75) is 13.0 Å².